The molecule has 0 unspecified atom stereocenters. The van der Waals surface area contributed by atoms with E-state index in [0.29, 0.717) is 26.3 Å². The van der Waals surface area contributed by atoms with E-state index in [1.165, 1.54) is 4.90 Å². The van der Waals surface area contributed by atoms with Gasteiger partial charge in [-0.05, 0) is 23.8 Å². The summed E-state index contributed by atoms with van der Waals surface area (Å²) in [5, 5.41) is 0. The number of anilines is 1. The molecule has 0 atom stereocenters. The number of hydrogen-bond acceptors (Lipinski definition) is 6. The molecule has 148 valence electrons. The number of quaternary nitrogens is 1. The van der Waals surface area contributed by atoms with Crippen molar-refractivity contribution < 1.29 is 19.2 Å². The molecule has 3 heterocycles. The number of aromatic nitrogens is 2. The van der Waals surface area contributed by atoms with Gasteiger partial charge in [-0.25, -0.2) is 9.97 Å². The Kier molecular flexibility index (Phi) is 5.57. The van der Waals surface area contributed by atoms with E-state index >= 15 is 0 Å². The predicted octanol–water partition coefficient (Wildman–Crippen LogP) is -0.389. The van der Waals surface area contributed by atoms with Crippen LogP contribution in [-0.4, -0.2) is 73.8 Å². The Labute approximate surface area is 164 Å². The number of ether oxygens (including phenoxy) is 2. The molecule has 1 fully saturated rings. The minimum absolute atomic E-state index is 0.148. The first-order valence-corrected chi connectivity index (χ1v) is 9.67. The van der Waals surface area contributed by atoms with Crippen LogP contribution in [0.2, 0.25) is 0 Å². The zero-order valence-corrected chi connectivity index (χ0v) is 16.1. The molecule has 1 aromatic heterocycles. The third-order valence-electron chi connectivity index (χ3n) is 5.16. The first-order valence-electron chi connectivity index (χ1n) is 9.67. The van der Waals surface area contributed by atoms with E-state index in [4.69, 9.17) is 9.47 Å². The number of nitrogens with zero attached hydrogens (tertiary/aromatic N) is 4. The Bertz CT molecular complexity index is 809. The molecule has 0 radical (unpaired) electrons. The maximum Gasteiger partial charge on any atom is 0.277 e. The van der Waals surface area contributed by atoms with Crippen LogP contribution in [0.3, 0.4) is 0 Å². The third kappa shape index (κ3) is 4.33. The number of fused-ring (bicyclic) bond motifs is 1. The Morgan fingerprint density at radius 2 is 1.86 bits per heavy atom. The van der Waals surface area contributed by atoms with Crippen LogP contribution >= 0.6 is 0 Å². The van der Waals surface area contributed by atoms with Gasteiger partial charge in [-0.1, -0.05) is 6.07 Å². The highest BCUT2D eigenvalue weighted by atomic mass is 16.6. The second-order valence-electron chi connectivity index (χ2n) is 7.19. The summed E-state index contributed by atoms with van der Waals surface area (Å²) in [6.07, 6.45) is 3.52. The molecule has 0 bridgehead atoms. The van der Waals surface area contributed by atoms with Crippen LogP contribution < -0.4 is 19.3 Å². The number of carbonyl (C=O) groups is 1. The second-order valence-corrected chi connectivity index (χ2v) is 7.19. The number of amides is 1. The van der Waals surface area contributed by atoms with Gasteiger partial charge >= 0.3 is 0 Å². The Morgan fingerprint density at radius 1 is 1.14 bits per heavy atom. The van der Waals surface area contributed by atoms with Crippen molar-refractivity contribution in [3.05, 3.63) is 42.2 Å². The summed E-state index contributed by atoms with van der Waals surface area (Å²) >= 11 is 0. The molecule has 1 saturated heterocycles. The summed E-state index contributed by atoms with van der Waals surface area (Å²) in [4.78, 5) is 26.5. The zero-order chi connectivity index (χ0) is 19.3. The van der Waals surface area contributed by atoms with E-state index in [9.17, 15) is 4.79 Å². The Morgan fingerprint density at radius 3 is 2.61 bits per heavy atom. The number of piperazine rings is 1. The van der Waals surface area contributed by atoms with Crippen LogP contribution in [0.4, 0.5) is 5.95 Å². The third-order valence-corrected chi connectivity index (χ3v) is 5.16. The zero-order valence-electron chi connectivity index (χ0n) is 16.1. The lowest BCUT2D eigenvalue weighted by atomic mass is 10.2. The van der Waals surface area contributed by atoms with Crippen LogP contribution in [0.15, 0.2) is 36.7 Å². The molecule has 28 heavy (non-hydrogen) atoms. The summed E-state index contributed by atoms with van der Waals surface area (Å²) < 4.78 is 11.2. The van der Waals surface area contributed by atoms with Crippen molar-refractivity contribution in [2.75, 3.05) is 57.9 Å². The molecule has 0 spiro atoms. The standard InChI is InChI=1S/C20H25N5O3/c1-23(14-16-3-4-17-18(13-16)28-12-11-27-17)19(26)15-24-7-9-25(10-8-24)20-21-5-2-6-22-20/h2-6,13H,7-12,14-15H2,1H3/p+1. The van der Waals surface area contributed by atoms with E-state index < -0.39 is 0 Å². The van der Waals surface area contributed by atoms with Crippen LogP contribution in [0.25, 0.3) is 0 Å². The van der Waals surface area contributed by atoms with Crippen LogP contribution in [0.1, 0.15) is 5.56 Å². The topological polar surface area (TPSA) is 72.2 Å². The van der Waals surface area contributed by atoms with Crippen molar-refractivity contribution in [1.82, 2.24) is 14.9 Å². The van der Waals surface area contributed by atoms with Gasteiger partial charge in [0.25, 0.3) is 5.91 Å². The summed E-state index contributed by atoms with van der Waals surface area (Å²) in [6, 6.07) is 7.69. The van der Waals surface area contributed by atoms with Gasteiger partial charge in [-0.2, -0.15) is 0 Å². The first-order chi connectivity index (χ1) is 13.7. The SMILES string of the molecule is CN(Cc1ccc2c(c1)OCCO2)C(=O)C[NH+]1CCN(c2ncccn2)CC1. The van der Waals surface area contributed by atoms with Crippen LogP contribution in [-0.2, 0) is 11.3 Å². The van der Waals surface area contributed by atoms with Gasteiger partial charge in [0.1, 0.15) is 13.2 Å². The quantitative estimate of drug-likeness (QED) is 0.757. The molecule has 0 aliphatic carbocycles. The first kappa shape index (κ1) is 18.5. The lowest BCUT2D eigenvalue weighted by molar-refractivity contribution is -0.892. The fourth-order valence-electron chi connectivity index (χ4n) is 3.55. The summed E-state index contributed by atoms with van der Waals surface area (Å²) in [6.45, 7) is 5.74. The maximum atomic E-state index is 12.7. The van der Waals surface area contributed by atoms with Crippen molar-refractivity contribution in [3.8, 4) is 11.5 Å². The molecule has 2 aliphatic rings. The lowest BCUT2D eigenvalue weighted by Crippen LogP contribution is -3.15. The molecule has 0 saturated carbocycles. The lowest BCUT2D eigenvalue weighted by Gasteiger charge is -2.32. The Balaban J connectivity index is 1.27. The number of hydrogen-bond donors (Lipinski definition) is 1. The molecule has 4 rings (SSSR count). The molecule has 1 amide bonds. The summed E-state index contributed by atoms with van der Waals surface area (Å²) in [7, 11) is 1.85. The van der Waals surface area contributed by atoms with Crippen molar-refractivity contribution in [1.29, 1.82) is 0 Å². The fourth-order valence-corrected chi connectivity index (χ4v) is 3.55. The van der Waals surface area contributed by atoms with E-state index in [2.05, 4.69) is 14.9 Å². The van der Waals surface area contributed by atoms with Crippen molar-refractivity contribution in [3.63, 3.8) is 0 Å². The number of benzene rings is 1. The maximum absolute atomic E-state index is 12.7. The molecule has 8 nitrogen and oxygen atoms in total. The van der Waals surface area contributed by atoms with Crippen LogP contribution in [0.5, 0.6) is 11.5 Å². The smallest absolute Gasteiger partial charge is 0.277 e. The van der Waals surface area contributed by atoms with Gasteiger partial charge in [-0.3, -0.25) is 4.79 Å². The minimum Gasteiger partial charge on any atom is -0.486 e. The molecule has 8 heteroatoms. The molecule has 2 aromatic rings. The van der Waals surface area contributed by atoms with E-state index in [0.717, 1.165) is 49.2 Å². The highest BCUT2D eigenvalue weighted by Gasteiger charge is 2.25. The van der Waals surface area contributed by atoms with E-state index in [-0.39, 0.29) is 5.91 Å². The Hall–Kier alpha value is -2.87. The monoisotopic (exact) mass is 384 g/mol. The van der Waals surface area contributed by atoms with Gasteiger partial charge in [0.15, 0.2) is 18.0 Å². The van der Waals surface area contributed by atoms with Gasteiger partial charge in [0.2, 0.25) is 5.95 Å². The van der Waals surface area contributed by atoms with E-state index in [1.54, 1.807) is 17.3 Å². The van der Waals surface area contributed by atoms with Crippen molar-refractivity contribution in [2.24, 2.45) is 0 Å². The van der Waals surface area contributed by atoms with Gasteiger partial charge in [0.05, 0.1) is 26.2 Å². The number of likely N-dealkylation sites (N-methyl/N-ethyl adjacent to an activating group) is 1. The minimum atomic E-state index is 0.148. The van der Waals surface area contributed by atoms with Crippen molar-refractivity contribution in [2.45, 2.75) is 6.54 Å². The number of rotatable bonds is 5. The van der Waals surface area contributed by atoms with Gasteiger partial charge < -0.3 is 24.2 Å². The number of carbonyl (C=O) groups excluding carboxylic acids is 1. The van der Waals surface area contributed by atoms with Crippen LogP contribution in [0, 0.1) is 0 Å². The highest BCUT2D eigenvalue weighted by Crippen LogP contribution is 2.30. The second kappa shape index (κ2) is 8.43. The van der Waals surface area contributed by atoms with Crippen molar-refractivity contribution >= 4 is 11.9 Å². The average Bonchev–Trinajstić information content (AvgIpc) is 2.75. The van der Waals surface area contributed by atoms with E-state index in [1.807, 2.05) is 31.3 Å². The molecule has 1 N–H and O–H groups in total. The molecular formula is C20H26N5O3+. The fraction of sp³-hybridized carbons (Fsp3) is 0.450. The average molecular weight is 384 g/mol. The normalized spacial score (nSPS) is 16.7. The number of nitrogens with one attached hydrogen (secondary N) is 1. The molecular weight excluding hydrogens is 358 g/mol. The van der Waals surface area contributed by atoms with Gasteiger partial charge in [0, 0.05) is 26.0 Å². The largest absolute Gasteiger partial charge is 0.486 e. The molecule has 2 aliphatic heterocycles. The summed E-state index contributed by atoms with van der Waals surface area (Å²) in [5.41, 5.74) is 1.04. The highest BCUT2D eigenvalue weighted by molar-refractivity contribution is 5.76. The van der Waals surface area contributed by atoms with Gasteiger partial charge in [-0.15, -0.1) is 0 Å². The summed E-state index contributed by atoms with van der Waals surface area (Å²) in [5.74, 6) is 2.45. The predicted molar refractivity (Wildman–Crippen MR) is 104 cm³/mol. The molecule has 1 aromatic carbocycles.